The number of esters is 1. The Morgan fingerprint density at radius 2 is 2.11 bits per heavy atom. The van der Waals surface area contributed by atoms with Crippen LogP contribution in [-0.4, -0.2) is 24.4 Å². The minimum absolute atomic E-state index is 0.0810. The molecule has 0 unspecified atom stereocenters. The van der Waals surface area contributed by atoms with Crippen LogP contribution in [0.1, 0.15) is 30.4 Å². The van der Waals surface area contributed by atoms with Crippen LogP contribution in [0.2, 0.25) is 0 Å². The molecule has 0 fully saturated rings. The highest BCUT2D eigenvalue weighted by atomic mass is 32.1. The maximum Gasteiger partial charge on any atom is 0.375 e. The van der Waals surface area contributed by atoms with Gasteiger partial charge in [-0.05, 0) is 32.2 Å². The van der Waals surface area contributed by atoms with Crippen LogP contribution in [0, 0.1) is 5.41 Å². The van der Waals surface area contributed by atoms with Crippen LogP contribution in [0.5, 0.6) is 0 Å². The van der Waals surface area contributed by atoms with E-state index in [1.807, 2.05) is 0 Å². The Bertz CT molecular complexity index is 474. The number of nitrogens with zero attached hydrogens (tertiary/aromatic N) is 1. The van der Waals surface area contributed by atoms with Gasteiger partial charge in [0.05, 0.1) is 5.41 Å². The normalized spacial score (nSPS) is 12.1. The van der Waals surface area contributed by atoms with E-state index in [9.17, 15) is 9.59 Å². The number of nitrogens with two attached hydrogens (primary N) is 1. The van der Waals surface area contributed by atoms with Crippen molar-refractivity contribution in [3.63, 3.8) is 0 Å². The number of hydrogen-bond acceptors (Lipinski definition) is 6. The summed E-state index contributed by atoms with van der Waals surface area (Å²) in [5.41, 5.74) is 4.85. The fourth-order valence-corrected chi connectivity index (χ4v) is 1.52. The molecule has 0 saturated carbocycles. The first-order chi connectivity index (χ1) is 8.80. The number of carbonyl (C=O) groups excluding carboxylic acids is 2. The van der Waals surface area contributed by atoms with Gasteiger partial charge in [0.25, 0.3) is 0 Å². The summed E-state index contributed by atoms with van der Waals surface area (Å²) in [6.45, 7) is 4.95. The van der Waals surface area contributed by atoms with Gasteiger partial charge in [-0.25, -0.2) is 4.79 Å². The van der Waals surface area contributed by atoms with Crippen molar-refractivity contribution in [3.05, 3.63) is 22.4 Å². The first kappa shape index (κ1) is 15.2. The van der Waals surface area contributed by atoms with E-state index < -0.39 is 17.4 Å². The van der Waals surface area contributed by atoms with Crippen molar-refractivity contribution in [2.75, 3.05) is 6.61 Å². The van der Waals surface area contributed by atoms with Gasteiger partial charge in [0.15, 0.2) is 12.4 Å². The number of carbonyl (C=O) groups is 2. The minimum Gasteiger partial charge on any atom is -0.457 e. The van der Waals surface area contributed by atoms with Crippen LogP contribution < -0.4 is 5.73 Å². The van der Waals surface area contributed by atoms with Crippen molar-refractivity contribution >= 4 is 29.1 Å². The number of hydrogen-bond donors (Lipinski definition) is 1. The van der Waals surface area contributed by atoms with Gasteiger partial charge in [-0.2, -0.15) is 0 Å². The van der Waals surface area contributed by atoms with Crippen molar-refractivity contribution in [2.45, 2.75) is 20.8 Å². The second-order valence-corrected chi connectivity index (χ2v) is 5.71. The van der Waals surface area contributed by atoms with E-state index in [-0.39, 0.29) is 12.4 Å². The van der Waals surface area contributed by atoms with Crippen LogP contribution in [-0.2, 0) is 14.4 Å². The molecule has 0 aromatic carbocycles. The first-order valence-electron chi connectivity index (χ1n) is 5.55. The SMILES string of the molecule is CC(C)(C)C(=O)OCC(N)=NOC(=O)c1cccs1. The molecule has 1 heterocycles. The lowest BCUT2D eigenvalue weighted by molar-refractivity contribution is -0.151. The lowest BCUT2D eigenvalue weighted by atomic mass is 9.97. The third-order valence-corrected chi connectivity index (χ3v) is 2.78. The molecule has 2 N–H and O–H groups in total. The van der Waals surface area contributed by atoms with Crippen LogP contribution in [0.4, 0.5) is 0 Å². The van der Waals surface area contributed by atoms with E-state index in [2.05, 4.69) is 9.99 Å². The summed E-state index contributed by atoms with van der Waals surface area (Å²) in [7, 11) is 0. The summed E-state index contributed by atoms with van der Waals surface area (Å²) in [5.74, 6) is -1.09. The molecule has 1 rings (SSSR count). The standard InChI is InChI=1S/C12H16N2O4S/c1-12(2,3)11(16)17-7-9(13)14-18-10(15)8-5-4-6-19-8/h4-6H,7H2,1-3H3,(H2,13,14). The molecule has 1 aromatic rings. The molecule has 0 aliphatic heterocycles. The van der Waals surface area contributed by atoms with Crippen molar-refractivity contribution in [2.24, 2.45) is 16.3 Å². The van der Waals surface area contributed by atoms with E-state index in [1.165, 1.54) is 11.3 Å². The Morgan fingerprint density at radius 3 is 2.63 bits per heavy atom. The molecule has 6 nitrogen and oxygen atoms in total. The Hall–Kier alpha value is -1.89. The maximum absolute atomic E-state index is 11.5. The largest absolute Gasteiger partial charge is 0.457 e. The zero-order valence-corrected chi connectivity index (χ0v) is 11.8. The molecule has 0 aliphatic carbocycles. The summed E-state index contributed by atoms with van der Waals surface area (Å²) in [5, 5.41) is 5.15. The molecular weight excluding hydrogens is 268 g/mol. The zero-order chi connectivity index (χ0) is 14.5. The summed E-state index contributed by atoms with van der Waals surface area (Å²) in [6, 6.07) is 3.33. The third kappa shape index (κ3) is 5.09. The maximum atomic E-state index is 11.5. The molecule has 0 aliphatic rings. The van der Waals surface area contributed by atoms with Crippen LogP contribution >= 0.6 is 11.3 Å². The average Bonchev–Trinajstić information content (AvgIpc) is 2.85. The molecule has 1 aromatic heterocycles. The van der Waals surface area contributed by atoms with Crippen molar-refractivity contribution in [3.8, 4) is 0 Å². The number of oxime groups is 1. The van der Waals surface area contributed by atoms with Crippen LogP contribution in [0.25, 0.3) is 0 Å². The fraction of sp³-hybridized carbons (Fsp3) is 0.417. The summed E-state index contributed by atoms with van der Waals surface area (Å²) >= 11 is 1.23. The van der Waals surface area contributed by atoms with E-state index in [4.69, 9.17) is 10.5 Å². The van der Waals surface area contributed by atoms with Gasteiger partial charge in [0.2, 0.25) is 0 Å². The molecule has 0 bridgehead atoms. The Balaban J connectivity index is 2.42. The van der Waals surface area contributed by atoms with E-state index in [1.54, 1.807) is 38.3 Å². The topological polar surface area (TPSA) is 91.0 Å². The number of amidine groups is 1. The smallest absolute Gasteiger partial charge is 0.375 e. The monoisotopic (exact) mass is 284 g/mol. The summed E-state index contributed by atoms with van der Waals surface area (Å²) in [4.78, 5) is 27.9. The third-order valence-electron chi connectivity index (χ3n) is 1.93. The predicted molar refractivity (Wildman–Crippen MR) is 71.8 cm³/mol. The number of ether oxygens (including phenoxy) is 1. The highest BCUT2D eigenvalue weighted by molar-refractivity contribution is 7.11. The van der Waals surface area contributed by atoms with E-state index >= 15 is 0 Å². The lowest BCUT2D eigenvalue weighted by Crippen LogP contribution is -2.28. The van der Waals surface area contributed by atoms with Crippen LogP contribution in [0.15, 0.2) is 22.7 Å². The van der Waals surface area contributed by atoms with Crippen molar-refractivity contribution in [1.29, 1.82) is 0 Å². The fourth-order valence-electron chi connectivity index (χ4n) is 0.922. The van der Waals surface area contributed by atoms with Crippen LogP contribution in [0.3, 0.4) is 0 Å². The Labute approximate surface area is 115 Å². The van der Waals surface area contributed by atoms with Gasteiger partial charge >= 0.3 is 11.9 Å². The minimum atomic E-state index is -0.617. The highest BCUT2D eigenvalue weighted by Gasteiger charge is 2.23. The van der Waals surface area contributed by atoms with Gasteiger partial charge in [-0.1, -0.05) is 11.2 Å². The first-order valence-corrected chi connectivity index (χ1v) is 6.43. The van der Waals surface area contributed by atoms with E-state index in [0.29, 0.717) is 4.88 Å². The van der Waals surface area contributed by atoms with Gasteiger partial charge in [-0.3, -0.25) is 4.79 Å². The summed E-state index contributed by atoms with van der Waals surface area (Å²) < 4.78 is 4.91. The molecule has 0 radical (unpaired) electrons. The lowest BCUT2D eigenvalue weighted by Gasteiger charge is -2.15. The van der Waals surface area contributed by atoms with Gasteiger partial charge < -0.3 is 15.3 Å². The second kappa shape index (κ2) is 6.33. The Kier molecular flexibility index (Phi) is 5.05. The Morgan fingerprint density at radius 1 is 1.42 bits per heavy atom. The predicted octanol–water partition coefficient (Wildman–Crippen LogP) is 1.77. The second-order valence-electron chi connectivity index (χ2n) is 4.76. The molecule has 19 heavy (non-hydrogen) atoms. The average molecular weight is 284 g/mol. The molecule has 7 heteroatoms. The van der Waals surface area contributed by atoms with E-state index in [0.717, 1.165) is 0 Å². The molecular formula is C12H16N2O4S. The number of thiophene rings is 1. The van der Waals surface area contributed by atoms with Crippen molar-refractivity contribution in [1.82, 2.24) is 0 Å². The molecule has 0 saturated heterocycles. The van der Waals surface area contributed by atoms with Gasteiger partial charge in [-0.15, -0.1) is 11.3 Å². The molecule has 0 spiro atoms. The number of rotatable bonds is 4. The van der Waals surface area contributed by atoms with Crippen molar-refractivity contribution < 1.29 is 19.2 Å². The highest BCUT2D eigenvalue weighted by Crippen LogP contribution is 2.14. The quantitative estimate of drug-likeness (QED) is 0.299. The molecule has 0 amide bonds. The van der Waals surface area contributed by atoms with Gasteiger partial charge in [0, 0.05) is 0 Å². The van der Waals surface area contributed by atoms with Gasteiger partial charge in [0.1, 0.15) is 4.88 Å². The zero-order valence-electron chi connectivity index (χ0n) is 11.0. The molecule has 0 atom stereocenters. The molecule has 104 valence electrons. The summed E-state index contributed by atoms with van der Waals surface area (Å²) in [6.07, 6.45) is 0.